The van der Waals surface area contributed by atoms with Gasteiger partial charge in [0.25, 0.3) is 0 Å². The molecule has 0 aliphatic rings. The summed E-state index contributed by atoms with van der Waals surface area (Å²) in [4.78, 5) is 0. The maximum absolute atomic E-state index is 5.32. The highest BCUT2D eigenvalue weighted by molar-refractivity contribution is 9.09. The molecule has 0 aliphatic carbocycles. The molecule has 1 aromatic rings. The minimum absolute atomic E-state index is 0.0285. The number of methoxy groups -OCH3 is 1. The molecule has 0 aliphatic heterocycles. The number of hydrogen-bond donors (Lipinski definition) is 0. The van der Waals surface area contributed by atoms with Gasteiger partial charge in [-0.3, -0.25) is 0 Å². The van der Waals surface area contributed by atoms with Crippen LogP contribution < -0.4 is 0 Å². The molecular weight excluding hydrogens is 320 g/mol. The lowest BCUT2D eigenvalue weighted by Gasteiger charge is -2.30. The van der Waals surface area contributed by atoms with Gasteiger partial charge in [0.15, 0.2) is 0 Å². The molecule has 0 amide bonds. The Morgan fingerprint density at radius 1 is 1.27 bits per heavy atom. The fourth-order valence-corrected chi connectivity index (χ4v) is 3.50. The number of aryl methyl sites for hydroxylation is 1. The Morgan fingerprint density at radius 3 is 2.40 bits per heavy atom. The van der Waals surface area contributed by atoms with Crippen molar-refractivity contribution in [2.45, 2.75) is 12.3 Å². The summed E-state index contributed by atoms with van der Waals surface area (Å²) in [6.07, 6.45) is 0. The lowest BCUT2D eigenvalue weighted by atomic mass is 9.85. The molecule has 0 bridgehead atoms. The lowest BCUT2D eigenvalue weighted by Crippen LogP contribution is -2.35. The van der Waals surface area contributed by atoms with E-state index in [1.165, 1.54) is 11.1 Å². The van der Waals surface area contributed by atoms with E-state index in [1.54, 1.807) is 7.11 Å². The van der Waals surface area contributed by atoms with Crippen LogP contribution >= 0.6 is 31.9 Å². The summed E-state index contributed by atoms with van der Waals surface area (Å²) in [5.41, 5.74) is 2.63. The van der Waals surface area contributed by atoms with Gasteiger partial charge in [-0.15, -0.1) is 0 Å². The highest BCUT2D eigenvalue weighted by Crippen LogP contribution is 2.29. The molecule has 0 saturated carbocycles. The topological polar surface area (TPSA) is 9.23 Å². The first-order valence-electron chi connectivity index (χ1n) is 4.86. The van der Waals surface area contributed by atoms with E-state index < -0.39 is 0 Å². The van der Waals surface area contributed by atoms with Crippen molar-refractivity contribution in [1.82, 2.24) is 0 Å². The Labute approximate surface area is 108 Å². The first-order chi connectivity index (χ1) is 7.18. The van der Waals surface area contributed by atoms with Gasteiger partial charge in [0.05, 0.1) is 6.61 Å². The summed E-state index contributed by atoms with van der Waals surface area (Å²) < 4.78 is 5.32. The van der Waals surface area contributed by atoms with E-state index in [0.717, 1.165) is 10.7 Å². The van der Waals surface area contributed by atoms with Crippen molar-refractivity contribution in [2.75, 3.05) is 24.4 Å². The first-order valence-corrected chi connectivity index (χ1v) is 7.11. The Hall–Kier alpha value is 0.140. The minimum Gasteiger partial charge on any atom is -0.384 e. The molecule has 15 heavy (non-hydrogen) atoms. The van der Waals surface area contributed by atoms with Crippen LogP contribution in [0.25, 0.3) is 0 Å². The standard InChI is InChI=1S/C12H16Br2O/c1-10-4-3-5-11(6-10)12(7-13,8-14)9-15-2/h3-6H,7-9H2,1-2H3. The molecular formula is C12H16Br2O. The molecule has 0 unspecified atom stereocenters. The zero-order valence-corrected chi connectivity index (χ0v) is 12.3. The smallest absolute Gasteiger partial charge is 0.0575 e. The fraction of sp³-hybridized carbons (Fsp3) is 0.500. The third-order valence-electron chi connectivity index (χ3n) is 2.56. The Morgan fingerprint density at radius 2 is 1.93 bits per heavy atom. The van der Waals surface area contributed by atoms with E-state index in [1.807, 2.05) is 0 Å². The van der Waals surface area contributed by atoms with Gasteiger partial charge in [-0.1, -0.05) is 61.7 Å². The highest BCUT2D eigenvalue weighted by atomic mass is 79.9. The summed E-state index contributed by atoms with van der Waals surface area (Å²) in [6.45, 7) is 2.83. The predicted octanol–water partition coefficient (Wildman–Crippen LogP) is 3.67. The van der Waals surface area contributed by atoms with Crippen LogP contribution in [0.15, 0.2) is 24.3 Å². The molecule has 0 radical (unpaired) electrons. The summed E-state index contributed by atoms with van der Waals surface area (Å²) >= 11 is 7.17. The van der Waals surface area contributed by atoms with Crippen LogP contribution in [-0.2, 0) is 10.2 Å². The number of rotatable bonds is 5. The summed E-state index contributed by atoms with van der Waals surface area (Å²) in [7, 11) is 1.75. The Balaban J connectivity index is 3.07. The largest absolute Gasteiger partial charge is 0.384 e. The molecule has 84 valence electrons. The summed E-state index contributed by atoms with van der Waals surface area (Å²) in [5.74, 6) is 0. The van der Waals surface area contributed by atoms with Crippen molar-refractivity contribution in [3.63, 3.8) is 0 Å². The van der Waals surface area contributed by atoms with Gasteiger partial charge in [0, 0.05) is 23.2 Å². The van der Waals surface area contributed by atoms with Crippen LogP contribution in [0.1, 0.15) is 11.1 Å². The summed E-state index contributed by atoms with van der Waals surface area (Å²) in [5, 5.41) is 1.78. The van der Waals surface area contributed by atoms with Crippen molar-refractivity contribution in [3.05, 3.63) is 35.4 Å². The minimum atomic E-state index is 0.0285. The van der Waals surface area contributed by atoms with E-state index in [4.69, 9.17) is 4.74 Å². The van der Waals surface area contributed by atoms with Gasteiger partial charge in [-0.2, -0.15) is 0 Å². The van der Waals surface area contributed by atoms with E-state index in [0.29, 0.717) is 6.61 Å². The normalized spacial score (nSPS) is 11.7. The second-order valence-electron chi connectivity index (χ2n) is 3.85. The van der Waals surface area contributed by atoms with Gasteiger partial charge in [-0.25, -0.2) is 0 Å². The van der Waals surface area contributed by atoms with Gasteiger partial charge < -0.3 is 4.74 Å². The molecule has 0 atom stereocenters. The molecule has 1 nitrogen and oxygen atoms in total. The molecule has 1 aromatic carbocycles. The van der Waals surface area contributed by atoms with Crippen molar-refractivity contribution in [2.24, 2.45) is 0 Å². The average molecular weight is 336 g/mol. The monoisotopic (exact) mass is 334 g/mol. The third-order valence-corrected chi connectivity index (χ3v) is 4.71. The zero-order valence-electron chi connectivity index (χ0n) is 9.09. The average Bonchev–Trinajstić information content (AvgIpc) is 2.26. The molecule has 1 rings (SSSR count). The molecule has 0 fully saturated rings. The molecule has 0 aromatic heterocycles. The lowest BCUT2D eigenvalue weighted by molar-refractivity contribution is 0.152. The molecule has 0 spiro atoms. The van der Waals surface area contributed by atoms with E-state index in [-0.39, 0.29) is 5.41 Å². The van der Waals surface area contributed by atoms with Crippen molar-refractivity contribution < 1.29 is 4.74 Å². The van der Waals surface area contributed by atoms with Crippen LogP contribution in [0, 0.1) is 6.92 Å². The molecule has 3 heteroatoms. The van der Waals surface area contributed by atoms with Crippen LogP contribution in [-0.4, -0.2) is 24.4 Å². The van der Waals surface area contributed by atoms with Gasteiger partial charge in [0.1, 0.15) is 0 Å². The Kier molecular flexibility index (Phi) is 5.30. The number of halogens is 2. The van der Waals surface area contributed by atoms with Crippen molar-refractivity contribution >= 4 is 31.9 Å². The van der Waals surface area contributed by atoms with Gasteiger partial charge in [0.2, 0.25) is 0 Å². The number of hydrogen-bond acceptors (Lipinski definition) is 1. The number of benzene rings is 1. The molecule has 0 N–H and O–H groups in total. The van der Waals surface area contributed by atoms with E-state index >= 15 is 0 Å². The zero-order chi connectivity index (χ0) is 11.3. The maximum Gasteiger partial charge on any atom is 0.0575 e. The summed E-state index contributed by atoms with van der Waals surface area (Å²) in [6, 6.07) is 8.60. The maximum atomic E-state index is 5.32. The van der Waals surface area contributed by atoms with E-state index in [9.17, 15) is 0 Å². The van der Waals surface area contributed by atoms with Crippen LogP contribution in [0.2, 0.25) is 0 Å². The number of alkyl halides is 2. The fourth-order valence-electron chi connectivity index (χ4n) is 1.60. The quantitative estimate of drug-likeness (QED) is 0.746. The Bertz CT molecular complexity index is 308. The highest BCUT2D eigenvalue weighted by Gasteiger charge is 2.30. The second kappa shape index (κ2) is 6.02. The molecule has 0 heterocycles. The molecule has 0 saturated heterocycles. The predicted molar refractivity (Wildman–Crippen MR) is 72.3 cm³/mol. The van der Waals surface area contributed by atoms with Crippen LogP contribution in [0.3, 0.4) is 0 Å². The van der Waals surface area contributed by atoms with E-state index in [2.05, 4.69) is 63.0 Å². The van der Waals surface area contributed by atoms with Gasteiger partial charge >= 0.3 is 0 Å². The van der Waals surface area contributed by atoms with Gasteiger partial charge in [-0.05, 0) is 12.5 Å². The second-order valence-corrected chi connectivity index (χ2v) is 4.97. The third kappa shape index (κ3) is 3.05. The van der Waals surface area contributed by atoms with Crippen molar-refractivity contribution in [3.8, 4) is 0 Å². The first kappa shape index (κ1) is 13.2. The van der Waals surface area contributed by atoms with Crippen LogP contribution in [0.4, 0.5) is 0 Å². The SMILES string of the molecule is COCC(CBr)(CBr)c1cccc(C)c1. The number of ether oxygens (including phenoxy) is 1. The van der Waals surface area contributed by atoms with Crippen LogP contribution in [0.5, 0.6) is 0 Å². The van der Waals surface area contributed by atoms with Crippen molar-refractivity contribution in [1.29, 1.82) is 0 Å².